The van der Waals surface area contributed by atoms with E-state index in [4.69, 9.17) is 9.73 Å². The van der Waals surface area contributed by atoms with Crippen LogP contribution in [0.25, 0.3) is 0 Å². The largest absolute Gasteiger partial charge is 0.497 e. The summed E-state index contributed by atoms with van der Waals surface area (Å²) in [6.45, 7) is 7.85. The van der Waals surface area contributed by atoms with Crippen molar-refractivity contribution in [2.75, 3.05) is 34.3 Å². The molecular weight excluding hydrogens is 276 g/mol. The normalized spacial score (nSPS) is 13.4. The first-order valence-electron chi connectivity index (χ1n) is 7.83. The number of rotatable bonds is 7. The molecule has 22 heavy (non-hydrogen) atoms. The van der Waals surface area contributed by atoms with Crippen LogP contribution >= 0.6 is 0 Å². The van der Waals surface area contributed by atoms with E-state index < -0.39 is 0 Å². The summed E-state index contributed by atoms with van der Waals surface area (Å²) >= 11 is 0. The van der Waals surface area contributed by atoms with E-state index in [1.165, 1.54) is 5.56 Å². The average molecular weight is 306 g/mol. The lowest BCUT2D eigenvalue weighted by Gasteiger charge is -2.24. The van der Waals surface area contributed by atoms with Gasteiger partial charge in [0, 0.05) is 12.6 Å². The minimum Gasteiger partial charge on any atom is -0.497 e. The second-order valence-electron chi connectivity index (χ2n) is 5.77. The molecule has 0 radical (unpaired) electrons. The summed E-state index contributed by atoms with van der Waals surface area (Å²) in [6.07, 6.45) is 0. The summed E-state index contributed by atoms with van der Waals surface area (Å²) in [5, 5.41) is 6.62. The molecule has 0 amide bonds. The van der Waals surface area contributed by atoms with Gasteiger partial charge in [0.2, 0.25) is 0 Å². The van der Waals surface area contributed by atoms with Crippen LogP contribution in [0.4, 0.5) is 0 Å². The van der Waals surface area contributed by atoms with E-state index in [-0.39, 0.29) is 6.04 Å². The van der Waals surface area contributed by atoms with Crippen molar-refractivity contribution in [3.63, 3.8) is 0 Å². The van der Waals surface area contributed by atoms with E-state index in [1.807, 2.05) is 12.1 Å². The molecule has 0 bridgehead atoms. The molecule has 1 atom stereocenters. The van der Waals surface area contributed by atoms with Crippen molar-refractivity contribution in [2.45, 2.75) is 32.9 Å². The quantitative estimate of drug-likeness (QED) is 0.599. The third kappa shape index (κ3) is 5.93. The van der Waals surface area contributed by atoms with E-state index in [9.17, 15) is 0 Å². The van der Waals surface area contributed by atoms with Crippen molar-refractivity contribution in [2.24, 2.45) is 4.99 Å². The van der Waals surface area contributed by atoms with Gasteiger partial charge < -0.3 is 20.3 Å². The van der Waals surface area contributed by atoms with E-state index in [2.05, 4.69) is 62.5 Å². The van der Waals surface area contributed by atoms with Crippen molar-refractivity contribution in [1.29, 1.82) is 0 Å². The maximum Gasteiger partial charge on any atom is 0.191 e. The van der Waals surface area contributed by atoms with Gasteiger partial charge >= 0.3 is 0 Å². The highest BCUT2D eigenvalue weighted by Crippen LogP contribution is 2.21. The van der Waals surface area contributed by atoms with Crippen molar-refractivity contribution in [3.05, 3.63) is 29.8 Å². The molecule has 0 saturated heterocycles. The monoisotopic (exact) mass is 306 g/mol. The maximum atomic E-state index is 5.22. The number of hydrogen-bond acceptors (Lipinski definition) is 3. The zero-order chi connectivity index (χ0) is 16.5. The highest BCUT2D eigenvalue weighted by Gasteiger charge is 2.14. The van der Waals surface area contributed by atoms with Crippen LogP contribution in [0.5, 0.6) is 5.75 Å². The molecule has 1 aromatic rings. The van der Waals surface area contributed by atoms with E-state index >= 15 is 0 Å². The van der Waals surface area contributed by atoms with Crippen molar-refractivity contribution < 1.29 is 4.74 Å². The Morgan fingerprint density at radius 2 is 1.86 bits per heavy atom. The number of ether oxygens (including phenoxy) is 1. The molecule has 5 heteroatoms. The fourth-order valence-electron chi connectivity index (χ4n) is 2.16. The Hall–Kier alpha value is -1.75. The van der Waals surface area contributed by atoms with Crippen molar-refractivity contribution in [1.82, 2.24) is 15.5 Å². The van der Waals surface area contributed by atoms with Crippen LogP contribution in [-0.4, -0.2) is 51.2 Å². The highest BCUT2D eigenvalue weighted by atomic mass is 16.5. The Morgan fingerprint density at radius 3 is 2.32 bits per heavy atom. The van der Waals surface area contributed by atoms with Crippen LogP contribution in [0.15, 0.2) is 29.3 Å². The Labute approximate surface area is 134 Å². The SMILES string of the molecule is CCNC(=NCC(c1ccc(OC)cc1)N(C)C)NC(C)C. The smallest absolute Gasteiger partial charge is 0.191 e. The van der Waals surface area contributed by atoms with Gasteiger partial charge in [0.05, 0.1) is 19.7 Å². The summed E-state index contributed by atoms with van der Waals surface area (Å²) < 4.78 is 5.22. The molecule has 0 aliphatic rings. The molecule has 124 valence electrons. The number of guanidine groups is 1. The molecule has 0 saturated carbocycles. The fourth-order valence-corrected chi connectivity index (χ4v) is 2.16. The van der Waals surface area contributed by atoms with Crippen LogP contribution in [0.3, 0.4) is 0 Å². The van der Waals surface area contributed by atoms with Gasteiger partial charge in [0.1, 0.15) is 5.75 Å². The molecule has 0 spiro atoms. The predicted octanol–water partition coefficient (Wildman–Crippen LogP) is 2.26. The highest BCUT2D eigenvalue weighted by molar-refractivity contribution is 5.80. The lowest BCUT2D eigenvalue weighted by molar-refractivity contribution is 0.306. The molecular formula is C17H30N4O. The number of likely N-dealkylation sites (N-methyl/N-ethyl adjacent to an activating group) is 1. The van der Waals surface area contributed by atoms with Gasteiger partial charge in [-0.05, 0) is 52.6 Å². The third-order valence-electron chi connectivity index (χ3n) is 3.32. The van der Waals surface area contributed by atoms with Gasteiger partial charge in [-0.3, -0.25) is 4.99 Å². The summed E-state index contributed by atoms with van der Waals surface area (Å²) in [4.78, 5) is 6.90. The summed E-state index contributed by atoms with van der Waals surface area (Å²) in [5.41, 5.74) is 1.23. The molecule has 2 N–H and O–H groups in total. The van der Waals surface area contributed by atoms with Crippen LogP contribution in [0.2, 0.25) is 0 Å². The minimum absolute atomic E-state index is 0.230. The number of benzene rings is 1. The second kappa shape index (κ2) is 9.30. The van der Waals surface area contributed by atoms with Crippen LogP contribution in [0.1, 0.15) is 32.4 Å². The van der Waals surface area contributed by atoms with Gasteiger partial charge in [-0.1, -0.05) is 12.1 Å². The summed E-state index contributed by atoms with van der Waals surface area (Å²) in [5.74, 6) is 1.73. The van der Waals surface area contributed by atoms with Gasteiger partial charge in [-0.15, -0.1) is 0 Å². The third-order valence-corrected chi connectivity index (χ3v) is 3.32. The van der Waals surface area contributed by atoms with Gasteiger partial charge in [-0.2, -0.15) is 0 Å². The molecule has 0 aliphatic heterocycles. The van der Waals surface area contributed by atoms with Crippen molar-refractivity contribution in [3.8, 4) is 5.75 Å². The standard InChI is InChI=1S/C17H30N4O/c1-7-18-17(20-13(2)3)19-12-16(21(4)5)14-8-10-15(22-6)11-9-14/h8-11,13,16H,7,12H2,1-6H3,(H2,18,19,20). The van der Waals surface area contributed by atoms with Crippen molar-refractivity contribution >= 4 is 5.96 Å². The molecule has 1 rings (SSSR count). The Kier molecular flexibility index (Phi) is 7.74. The molecule has 0 fully saturated rings. The topological polar surface area (TPSA) is 48.9 Å². The van der Waals surface area contributed by atoms with Crippen LogP contribution in [-0.2, 0) is 0 Å². The zero-order valence-electron chi connectivity index (χ0n) is 14.7. The van der Waals surface area contributed by atoms with E-state index in [0.717, 1.165) is 18.3 Å². The first-order chi connectivity index (χ1) is 10.5. The minimum atomic E-state index is 0.230. The average Bonchev–Trinajstić information content (AvgIpc) is 2.47. The number of nitrogens with zero attached hydrogens (tertiary/aromatic N) is 2. The Bertz CT molecular complexity index is 454. The van der Waals surface area contributed by atoms with E-state index in [0.29, 0.717) is 12.6 Å². The second-order valence-corrected chi connectivity index (χ2v) is 5.77. The fraction of sp³-hybridized carbons (Fsp3) is 0.588. The molecule has 0 aromatic heterocycles. The maximum absolute atomic E-state index is 5.22. The number of hydrogen-bond donors (Lipinski definition) is 2. The first-order valence-corrected chi connectivity index (χ1v) is 7.83. The summed E-state index contributed by atoms with van der Waals surface area (Å²) in [6, 6.07) is 8.77. The van der Waals surface area contributed by atoms with Crippen LogP contribution < -0.4 is 15.4 Å². The van der Waals surface area contributed by atoms with Crippen LogP contribution in [0, 0.1) is 0 Å². The molecule has 1 unspecified atom stereocenters. The van der Waals surface area contributed by atoms with Gasteiger partial charge in [0.25, 0.3) is 0 Å². The summed E-state index contributed by atoms with van der Waals surface area (Å²) in [7, 11) is 5.84. The number of methoxy groups -OCH3 is 1. The lowest BCUT2D eigenvalue weighted by Crippen LogP contribution is -2.41. The van der Waals surface area contributed by atoms with Gasteiger partial charge in [-0.25, -0.2) is 0 Å². The first kappa shape index (κ1) is 18.3. The number of nitrogens with one attached hydrogen (secondary N) is 2. The zero-order valence-corrected chi connectivity index (χ0v) is 14.7. The number of aliphatic imine (C=N–C) groups is 1. The molecule has 0 heterocycles. The Balaban J connectivity index is 2.85. The van der Waals surface area contributed by atoms with E-state index in [1.54, 1.807) is 7.11 Å². The Morgan fingerprint density at radius 1 is 1.23 bits per heavy atom. The molecule has 5 nitrogen and oxygen atoms in total. The predicted molar refractivity (Wildman–Crippen MR) is 93.7 cm³/mol. The molecule has 1 aromatic carbocycles. The molecule has 0 aliphatic carbocycles. The lowest BCUT2D eigenvalue weighted by atomic mass is 10.1. The van der Waals surface area contributed by atoms with Gasteiger partial charge in [0.15, 0.2) is 5.96 Å².